The Morgan fingerprint density at radius 2 is 1.65 bits per heavy atom. The molecule has 5 aliphatic carbocycles. The van der Waals surface area contributed by atoms with E-state index in [1.807, 2.05) is 13.0 Å². The lowest BCUT2D eigenvalue weighted by molar-refractivity contribution is -0.210. The standard InChI is InChI=1S/C32H50O5/c1-27(2)23-8-11-32(7)25(30(23,5)10-9-24(27)37-17-16-33)22(34)18-20-21-19-29(4,26(35)36)13-12-28(21,3)14-15-31(20,32)6/h18,21,23-25,33H,8-17,19H2,1-7H3,(H,35,36)/t21-,23-,24-,25+,28+,29-,30-,31+,32+/m0/s1. The molecule has 37 heavy (non-hydrogen) atoms. The zero-order valence-electron chi connectivity index (χ0n) is 24.3. The second kappa shape index (κ2) is 8.40. The summed E-state index contributed by atoms with van der Waals surface area (Å²) in [6, 6.07) is 0. The van der Waals surface area contributed by atoms with Crippen LogP contribution in [-0.4, -0.2) is 41.3 Å². The maximum absolute atomic E-state index is 14.4. The summed E-state index contributed by atoms with van der Waals surface area (Å²) in [5, 5.41) is 19.5. The van der Waals surface area contributed by atoms with Gasteiger partial charge < -0.3 is 14.9 Å². The number of hydrogen-bond acceptors (Lipinski definition) is 4. The molecule has 0 unspecified atom stereocenters. The predicted molar refractivity (Wildman–Crippen MR) is 144 cm³/mol. The lowest BCUT2D eigenvalue weighted by atomic mass is 9.33. The SMILES string of the molecule is CC1(C)[C@@H](OCCO)CC[C@]2(C)[C@H]3C(=O)C=C4[C@@H]5C[C@@](C)(C(=O)O)CC[C@]5(C)CC[C@@]4(C)[C@]3(C)CC[C@@H]12. The Balaban J connectivity index is 1.56. The van der Waals surface area contributed by atoms with Crippen molar-refractivity contribution in [2.75, 3.05) is 13.2 Å². The van der Waals surface area contributed by atoms with Crippen molar-refractivity contribution in [3.8, 4) is 0 Å². The molecule has 0 aromatic heterocycles. The van der Waals surface area contributed by atoms with Gasteiger partial charge in [0.25, 0.3) is 0 Å². The average Bonchev–Trinajstić information content (AvgIpc) is 2.80. The van der Waals surface area contributed by atoms with Gasteiger partial charge in [-0.1, -0.05) is 47.1 Å². The predicted octanol–water partition coefficient (Wildman–Crippen LogP) is 6.43. The van der Waals surface area contributed by atoms with Crippen LogP contribution in [-0.2, 0) is 14.3 Å². The second-order valence-corrected chi connectivity index (χ2v) is 15.5. The lowest BCUT2D eigenvalue weighted by Crippen LogP contribution is -2.66. The molecule has 0 bridgehead atoms. The van der Waals surface area contributed by atoms with Crippen LogP contribution in [0, 0.1) is 50.2 Å². The molecule has 9 atom stereocenters. The third kappa shape index (κ3) is 3.54. The van der Waals surface area contributed by atoms with Crippen molar-refractivity contribution in [1.82, 2.24) is 0 Å². The van der Waals surface area contributed by atoms with Crippen LogP contribution in [0.4, 0.5) is 0 Å². The van der Waals surface area contributed by atoms with Crippen molar-refractivity contribution in [2.24, 2.45) is 50.2 Å². The van der Waals surface area contributed by atoms with Crippen molar-refractivity contribution < 1.29 is 24.5 Å². The van der Waals surface area contributed by atoms with Gasteiger partial charge in [-0.2, -0.15) is 0 Å². The first kappa shape index (κ1) is 27.4. The quantitative estimate of drug-likeness (QED) is 0.452. The Morgan fingerprint density at radius 3 is 2.30 bits per heavy atom. The maximum atomic E-state index is 14.4. The highest BCUT2D eigenvalue weighted by Gasteiger charge is 2.70. The second-order valence-electron chi connectivity index (χ2n) is 15.5. The maximum Gasteiger partial charge on any atom is 0.309 e. The molecular formula is C32H50O5. The highest BCUT2D eigenvalue weighted by atomic mass is 16.5. The molecule has 5 heteroatoms. The summed E-state index contributed by atoms with van der Waals surface area (Å²) in [5.74, 6) is 0.122. The molecule has 0 saturated heterocycles. The number of aliphatic hydroxyl groups is 1. The minimum Gasteiger partial charge on any atom is -0.481 e. The number of allylic oxidation sites excluding steroid dienone is 2. The summed E-state index contributed by atoms with van der Waals surface area (Å²) in [5.41, 5.74) is 0.257. The molecule has 4 fully saturated rings. The van der Waals surface area contributed by atoms with Crippen molar-refractivity contribution >= 4 is 11.8 Å². The van der Waals surface area contributed by atoms with E-state index in [0.29, 0.717) is 24.7 Å². The van der Waals surface area contributed by atoms with Gasteiger partial charge in [-0.15, -0.1) is 0 Å². The number of ether oxygens (including phenoxy) is 1. The fourth-order valence-corrected chi connectivity index (χ4v) is 10.8. The van der Waals surface area contributed by atoms with Crippen LogP contribution in [0.1, 0.15) is 106 Å². The van der Waals surface area contributed by atoms with Gasteiger partial charge in [0.2, 0.25) is 0 Å². The lowest BCUT2D eigenvalue weighted by Gasteiger charge is -2.70. The molecule has 0 aromatic carbocycles. The molecule has 208 valence electrons. The molecule has 0 amide bonds. The third-order valence-electron chi connectivity index (χ3n) is 13.4. The molecule has 0 spiro atoms. The van der Waals surface area contributed by atoms with E-state index in [0.717, 1.165) is 51.4 Å². The monoisotopic (exact) mass is 514 g/mol. The van der Waals surface area contributed by atoms with Gasteiger partial charge in [0.1, 0.15) is 0 Å². The van der Waals surface area contributed by atoms with E-state index in [1.54, 1.807) is 0 Å². The van der Waals surface area contributed by atoms with Crippen LogP contribution in [0.15, 0.2) is 11.6 Å². The Bertz CT molecular complexity index is 1010. The van der Waals surface area contributed by atoms with E-state index >= 15 is 0 Å². The molecule has 5 nitrogen and oxygen atoms in total. The van der Waals surface area contributed by atoms with E-state index in [2.05, 4.69) is 41.5 Å². The molecule has 5 rings (SSSR count). The molecule has 0 heterocycles. The minimum atomic E-state index is -0.718. The topological polar surface area (TPSA) is 83.8 Å². The highest BCUT2D eigenvalue weighted by molar-refractivity contribution is 5.95. The first-order chi connectivity index (χ1) is 17.1. The normalized spacial score (nSPS) is 50.7. The van der Waals surface area contributed by atoms with Gasteiger partial charge in [0, 0.05) is 5.92 Å². The van der Waals surface area contributed by atoms with Crippen molar-refractivity contribution in [3.63, 3.8) is 0 Å². The van der Waals surface area contributed by atoms with Crippen LogP contribution >= 0.6 is 0 Å². The van der Waals surface area contributed by atoms with Gasteiger partial charge in [-0.3, -0.25) is 9.59 Å². The van der Waals surface area contributed by atoms with Gasteiger partial charge >= 0.3 is 5.97 Å². The molecule has 0 radical (unpaired) electrons. The zero-order valence-corrected chi connectivity index (χ0v) is 24.3. The summed E-state index contributed by atoms with van der Waals surface area (Å²) in [4.78, 5) is 26.7. The van der Waals surface area contributed by atoms with E-state index < -0.39 is 11.4 Å². The van der Waals surface area contributed by atoms with Crippen molar-refractivity contribution in [2.45, 2.75) is 112 Å². The molecule has 0 aliphatic heterocycles. The van der Waals surface area contributed by atoms with Crippen molar-refractivity contribution in [1.29, 1.82) is 0 Å². The number of aliphatic hydroxyl groups excluding tert-OH is 1. The van der Waals surface area contributed by atoms with E-state index in [-0.39, 0.29) is 51.6 Å². The molecule has 5 aliphatic rings. The van der Waals surface area contributed by atoms with Crippen LogP contribution < -0.4 is 0 Å². The number of hydrogen-bond donors (Lipinski definition) is 2. The number of carbonyl (C=O) groups excluding carboxylic acids is 1. The first-order valence-electron chi connectivity index (χ1n) is 14.8. The van der Waals surface area contributed by atoms with Gasteiger partial charge in [0.15, 0.2) is 5.78 Å². The number of rotatable bonds is 4. The summed E-state index contributed by atoms with van der Waals surface area (Å²) >= 11 is 0. The molecule has 4 saturated carbocycles. The largest absolute Gasteiger partial charge is 0.481 e. The van der Waals surface area contributed by atoms with Crippen LogP contribution in [0.3, 0.4) is 0 Å². The van der Waals surface area contributed by atoms with Gasteiger partial charge in [-0.25, -0.2) is 0 Å². The van der Waals surface area contributed by atoms with Crippen LogP contribution in [0.2, 0.25) is 0 Å². The summed E-state index contributed by atoms with van der Waals surface area (Å²) in [6.07, 6.45) is 10.6. The Labute approximate surface area is 223 Å². The molecule has 2 N–H and O–H groups in total. The van der Waals surface area contributed by atoms with E-state index in [1.165, 1.54) is 5.57 Å². The molecular weight excluding hydrogens is 464 g/mol. The number of aliphatic carboxylic acids is 1. The summed E-state index contributed by atoms with van der Waals surface area (Å²) in [7, 11) is 0. The molecule has 0 aromatic rings. The Hall–Kier alpha value is -1.20. The van der Waals surface area contributed by atoms with Gasteiger partial charge in [0.05, 0.1) is 24.7 Å². The number of fused-ring (bicyclic) bond motifs is 7. The zero-order chi connectivity index (χ0) is 27.2. The number of carboxylic acid groups (broad SMARTS) is 1. The van der Waals surface area contributed by atoms with E-state index in [9.17, 15) is 19.8 Å². The fourth-order valence-electron chi connectivity index (χ4n) is 10.8. The summed E-state index contributed by atoms with van der Waals surface area (Å²) in [6.45, 7) is 16.5. The Morgan fingerprint density at radius 1 is 0.973 bits per heavy atom. The minimum absolute atomic E-state index is 0.0237. The van der Waals surface area contributed by atoms with Crippen LogP contribution in [0.25, 0.3) is 0 Å². The van der Waals surface area contributed by atoms with Crippen LogP contribution in [0.5, 0.6) is 0 Å². The Kier molecular flexibility index (Phi) is 6.21. The number of ketones is 1. The smallest absolute Gasteiger partial charge is 0.309 e. The average molecular weight is 515 g/mol. The fraction of sp³-hybridized carbons (Fsp3) is 0.875. The van der Waals surface area contributed by atoms with Crippen molar-refractivity contribution in [3.05, 3.63) is 11.6 Å². The van der Waals surface area contributed by atoms with E-state index in [4.69, 9.17) is 4.74 Å². The third-order valence-corrected chi connectivity index (χ3v) is 13.4. The number of carbonyl (C=O) groups is 2. The highest BCUT2D eigenvalue weighted by Crippen LogP contribution is 2.75. The number of carboxylic acids is 1. The first-order valence-corrected chi connectivity index (χ1v) is 14.8. The van der Waals surface area contributed by atoms with Gasteiger partial charge in [-0.05, 0) is 110 Å². The summed E-state index contributed by atoms with van der Waals surface area (Å²) < 4.78 is 6.15.